The van der Waals surface area contributed by atoms with Crippen LogP contribution in [0.25, 0.3) is 5.69 Å². The maximum atomic E-state index is 13.0. The minimum absolute atomic E-state index is 0.312. The minimum atomic E-state index is -0.317. The van der Waals surface area contributed by atoms with Gasteiger partial charge in [-0.05, 0) is 32.0 Å². The van der Waals surface area contributed by atoms with E-state index in [4.69, 9.17) is 14.2 Å². The lowest BCUT2D eigenvalue weighted by atomic mass is 10.2. The average molecular weight is 437 g/mol. The molecular formula is C24H28N4O4. The van der Waals surface area contributed by atoms with E-state index in [-0.39, 0.29) is 5.91 Å². The van der Waals surface area contributed by atoms with Crippen molar-refractivity contribution < 1.29 is 19.0 Å². The molecule has 2 aromatic carbocycles. The molecule has 0 aliphatic carbocycles. The van der Waals surface area contributed by atoms with Crippen LogP contribution in [-0.2, 0) is 4.74 Å². The Labute approximate surface area is 187 Å². The van der Waals surface area contributed by atoms with E-state index in [1.54, 1.807) is 16.9 Å². The Kier molecular flexibility index (Phi) is 6.91. The molecule has 0 radical (unpaired) electrons. The molecule has 168 valence electrons. The number of para-hydroxylation sites is 1. The van der Waals surface area contributed by atoms with Gasteiger partial charge in [-0.2, -0.15) is 5.10 Å². The highest BCUT2D eigenvalue weighted by molar-refractivity contribution is 6.04. The molecule has 0 bridgehead atoms. The first-order chi connectivity index (χ1) is 15.7. The number of benzene rings is 2. The second-order valence-electron chi connectivity index (χ2n) is 7.22. The summed E-state index contributed by atoms with van der Waals surface area (Å²) in [5.74, 6) is 0.971. The predicted molar refractivity (Wildman–Crippen MR) is 123 cm³/mol. The molecule has 0 spiro atoms. The Hall–Kier alpha value is -3.52. The average Bonchev–Trinajstić information content (AvgIpc) is 3.33. The van der Waals surface area contributed by atoms with Gasteiger partial charge in [-0.15, -0.1) is 0 Å². The van der Waals surface area contributed by atoms with Gasteiger partial charge < -0.3 is 24.4 Å². The molecule has 1 saturated heterocycles. The Bertz CT molecular complexity index is 1050. The highest BCUT2D eigenvalue weighted by atomic mass is 16.5. The molecule has 0 atom stereocenters. The number of ether oxygens (including phenoxy) is 3. The zero-order valence-electron chi connectivity index (χ0n) is 18.4. The topological polar surface area (TPSA) is 77.9 Å². The number of carbonyl (C=O) groups excluding carboxylic acids is 1. The van der Waals surface area contributed by atoms with E-state index in [0.29, 0.717) is 49.3 Å². The third kappa shape index (κ3) is 4.86. The van der Waals surface area contributed by atoms with Crippen LogP contribution in [0, 0.1) is 0 Å². The number of hydrogen-bond acceptors (Lipinski definition) is 6. The monoisotopic (exact) mass is 436 g/mol. The van der Waals surface area contributed by atoms with Crippen LogP contribution < -0.4 is 19.7 Å². The summed E-state index contributed by atoms with van der Waals surface area (Å²) in [5, 5.41) is 7.35. The highest BCUT2D eigenvalue weighted by Gasteiger charge is 2.21. The van der Waals surface area contributed by atoms with Gasteiger partial charge in [0, 0.05) is 31.4 Å². The van der Waals surface area contributed by atoms with Gasteiger partial charge in [-0.1, -0.05) is 18.2 Å². The molecule has 1 N–H and O–H groups in total. The van der Waals surface area contributed by atoms with Gasteiger partial charge in [-0.3, -0.25) is 4.79 Å². The van der Waals surface area contributed by atoms with Crippen LogP contribution in [-0.4, -0.2) is 55.2 Å². The fourth-order valence-corrected chi connectivity index (χ4v) is 3.60. The van der Waals surface area contributed by atoms with Gasteiger partial charge in [0.2, 0.25) is 0 Å². The van der Waals surface area contributed by atoms with Crippen LogP contribution in [0.4, 0.5) is 11.4 Å². The predicted octanol–water partition coefficient (Wildman–Crippen LogP) is 3.76. The van der Waals surface area contributed by atoms with Gasteiger partial charge in [-0.25, -0.2) is 4.68 Å². The second-order valence-corrected chi connectivity index (χ2v) is 7.22. The number of amides is 1. The van der Waals surface area contributed by atoms with E-state index in [1.807, 2.05) is 56.3 Å². The van der Waals surface area contributed by atoms with E-state index in [0.717, 1.165) is 24.5 Å². The third-order valence-corrected chi connectivity index (χ3v) is 5.10. The normalized spacial score (nSPS) is 13.6. The van der Waals surface area contributed by atoms with E-state index in [9.17, 15) is 4.79 Å². The van der Waals surface area contributed by atoms with Gasteiger partial charge in [0.05, 0.1) is 43.5 Å². The molecular weight excluding hydrogens is 408 g/mol. The molecule has 3 aromatic rings. The van der Waals surface area contributed by atoms with Crippen LogP contribution in [0.2, 0.25) is 0 Å². The van der Waals surface area contributed by atoms with Crippen LogP contribution in [0.15, 0.2) is 54.7 Å². The van der Waals surface area contributed by atoms with Gasteiger partial charge in [0.25, 0.3) is 5.91 Å². The molecule has 1 aromatic heterocycles. The van der Waals surface area contributed by atoms with Crippen molar-refractivity contribution in [1.29, 1.82) is 0 Å². The summed E-state index contributed by atoms with van der Waals surface area (Å²) in [6, 6.07) is 15.1. The first kappa shape index (κ1) is 21.7. The van der Waals surface area contributed by atoms with Crippen molar-refractivity contribution >= 4 is 17.3 Å². The SMILES string of the molecule is CCOc1cc(N2CCOCC2)c(OCC)cc1NC(=O)c1ccn(-c2ccccc2)n1. The summed E-state index contributed by atoms with van der Waals surface area (Å²) in [7, 11) is 0. The number of nitrogens with zero attached hydrogens (tertiary/aromatic N) is 3. The third-order valence-electron chi connectivity index (χ3n) is 5.10. The summed E-state index contributed by atoms with van der Waals surface area (Å²) < 4.78 is 18.9. The molecule has 1 aliphatic rings. The highest BCUT2D eigenvalue weighted by Crippen LogP contribution is 2.39. The molecule has 0 unspecified atom stereocenters. The van der Waals surface area contributed by atoms with Crippen molar-refractivity contribution in [3.05, 3.63) is 60.4 Å². The quantitative estimate of drug-likeness (QED) is 0.579. The number of nitrogens with one attached hydrogen (secondary N) is 1. The number of carbonyl (C=O) groups is 1. The van der Waals surface area contributed by atoms with E-state index >= 15 is 0 Å². The van der Waals surface area contributed by atoms with E-state index < -0.39 is 0 Å². The molecule has 0 saturated carbocycles. The molecule has 8 nitrogen and oxygen atoms in total. The standard InChI is InChI=1S/C24H28N4O4/c1-3-31-22-17-21(27-12-14-30-15-13-27)23(32-4-2)16-20(22)25-24(29)19-10-11-28(26-19)18-8-6-5-7-9-18/h5-11,16-17H,3-4,12-15H2,1-2H3,(H,25,29). The second kappa shape index (κ2) is 10.2. The zero-order valence-corrected chi connectivity index (χ0v) is 18.4. The molecule has 32 heavy (non-hydrogen) atoms. The summed E-state index contributed by atoms with van der Waals surface area (Å²) in [4.78, 5) is 15.2. The van der Waals surface area contributed by atoms with Gasteiger partial charge in [0.1, 0.15) is 11.5 Å². The summed E-state index contributed by atoms with van der Waals surface area (Å²) in [5.41, 5.74) is 2.68. The Morgan fingerprint density at radius 3 is 2.47 bits per heavy atom. The number of rotatable bonds is 8. The molecule has 4 rings (SSSR count). The largest absolute Gasteiger partial charge is 0.492 e. The fourth-order valence-electron chi connectivity index (χ4n) is 3.60. The fraction of sp³-hybridized carbons (Fsp3) is 0.333. The van der Waals surface area contributed by atoms with E-state index in [2.05, 4.69) is 15.3 Å². The van der Waals surface area contributed by atoms with Gasteiger partial charge >= 0.3 is 0 Å². The van der Waals surface area contributed by atoms with Crippen LogP contribution >= 0.6 is 0 Å². The lowest BCUT2D eigenvalue weighted by Crippen LogP contribution is -2.36. The maximum Gasteiger partial charge on any atom is 0.276 e. The number of morpholine rings is 1. The van der Waals surface area contributed by atoms with Crippen molar-refractivity contribution in [2.45, 2.75) is 13.8 Å². The van der Waals surface area contributed by atoms with Gasteiger partial charge in [0.15, 0.2) is 5.69 Å². The molecule has 1 aliphatic heterocycles. The van der Waals surface area contributed by atoms with E-state index in [1.165, 1.54) is 0 Å². The van der Waals surface area contributed by atoms with Crippen molar-refractivity contribution in [3.8, 4) is 17.2 Å². The Morgan fingerprint density at radius 2 is 1.75 bits per heavy atom. The smallest absolute Gasteiger partial charge is 0.276 e. The zero-order chi connectivity index (χ0) is 22.3. The van der Waals surface area contributed by atoms with Crippen molar-refractivity contribution in [3.63, 3.8) is 0 Å². The lowest BCUT2D eigenvalue weighted by Gasteiger charge is -2.31. The Balaban J connectivity index is 1.61. The van der Waals surface area contributed by atoms with Crippen molar-refractivity contribution in [2.24, 2.45) is 0 Å². The van der Waals surface area contributed by atoms with Crippen LogP contribution in [0.1, 0.15) is 24.3 Å². The number of hydrogen-bond donors (Lipinski definition) is 1. The first-order valence-corrected chi connectivity index (χ1v) is 10.9. The minimum Gasteiger partial charge on any atom is -0.492 e. The first-order valence-electron chi connectivity index (χ1n) is 10.9. The van der Waals surface area contributed by atoms with Crippen LogP contribution in [0.5, 0.6) is 11.5 Å². The molecule has 8 heteroatoms. The number of aromatic nitrogens is 2. The summed E-state index contributed by atoms with van der Waals surface area (Å²) >= 11 is 0. The molecule has 1 amide bonds. The number of anilines is 2. The summed E-state index contributed by atoms with van der Waals surface area (Å²) in [6.45, 7) is 7.72. The molecule has 1 fully saturated rings. The lowest BCUT2D eigenvalue weighted by molar-refractivity contribution is 0.102. The van der Waals surface area contributed by atoms with Crippen molar-refractivity contribution in [2.75, 3.05) is 49.7 Å². The molecule has 2 heterocycles. The van der Waals surface area contributed by atoms with Crippen molar-refractivity contribution in [1.82, 2.24) is 9.78 Å². The van der Waals surface area contributed by atoms with Crippen LogP contribution in [0.3, 0.4) is 0 Å². The summed E-state index contributed by atoms with van der Waals surface area (Å²) in [6.07, 6.45) is 1.76. The Morgan fingerprint density at radius 1 is 1.03 bits per heavy atom. The maximum absolute atomic E-state index is 13.0.